The first kappa shape index (κ1) is 13.8. The van der Waals surface area contributed by atoms with Crippen LogP contribution in [0.4, 0.5) is 0 Å². The van der Waals surface area contributed by atoms with Crippen LogP contribution in [0.1, 0.15) is 30.1 Å². The maximum absolute atomic E-state index is 11.8. The number of hydrogen-bond donors (Lipinski definition) is 2. The summed E-state index contributed by atoms with van der Waals surface area (Å²) < 4.78 is 0. The van der Waals surface area contributed by atoms with E-state index in [4.69, 9.17) is 11.6 Å². The van der Waals surface area contributed by atoms with Gasteiger partial charge in [0.1, 0.15) is 5.75 Å². The van der Waals surface area contributed by atoms with Crippen LogP contribution < -0.4 is 5.32 Å². The summed E-state index contributed by atoms with van der Waals surface area (Å²) in [4.78, 5) is 15.5. The van der Waals surface area contributed by atoms with Crippen molar-refractivity contribution in [3.63, 3.8) is 0 Å². The molecule has 5 heteroatoms. The van der Waals surface area contributed by atoms with Crippen LogP contribution in [0.15, 0.2) is 18.5 Å². The molecule has 0 saturated heterocycles. The van der Waals surface area contributed by atoms with Gasteiger partial charge in [-0.2, -0.15) is 0 Å². The van der Waals surface area contributed by atoms with Gasteiger partial charge in [-0.25, -0.2) is 0 Å². The summed E-state index contributed by atoms with van der Waals surface area (Å²) >= 11 is 5.67. The molecule has 0 aliphatic carbocycles. The smallest absolute Gasteiger partial charge is 0.255 e. The van der Waals surface area contributed by atoms with Crippen LogP contribution in [-0.2, 0) is 0 Å². The number of hydrogen-bond acceptors (Lipinski definition) is 3. The number of rotatable bonds is 6. The van der Waals surface area contributed by atoms with Crippen molar-refractivity contribution in [2.24, 2.45) is 5.92 Å². The minimum atomic E-state index is -0.280. The number of carbonyl (C=O) groups excluding carboxylic acids is 1. The van der Waals surface area contributed by atoms with Crippen molar-refractivity contribution in [1.29, 1.82) is 0 Å². The molecule has 0 fully saturated rings. The highest BCUT2D eigenvalue weighted by Gasteiger charge is 2.12. The summed E-state index contributed by atoms with van der Waals surface area (Å²) in [5, 5.41) is 12.3. The zero-order valence-corrected chi connectivity index (χ0v) is 10.6. The monoisotopic (exact) mass is 256 g/mol. The topological polar surface area (TPSA) is 62.2 Å². The molecular formula is C12H17ClN2O2. The average molecular weight is 257 g/mol. The third-order valence-electron chi connectivity index (χ3n) is 2.69. The van der Waals surface area contributed by atoms with Gasteiger partial charge in [0.25, 0.3) is 5.91 Å². The third-order valence-corrected chi connectivity index (χ3v) is 2.91. The number of pyridine rings is 1. The minimum absolute atomic E-state index is 0.101. The van der Waals surface area contributed by atoms with Gasteiger partial charge in [-0.15, -0.1) is 11.6 Å². The maximum atomic E-state index is 11.8. The van der Waals surface area contributed by atoms with Crippen LogP contribution in [-0.4, -0.2) is 28.4 Å². The van der Waals surface area contributed by atoms with E-state index in [1.807, 2.05) is 0 Å². The second-order valence-corrected chi connectivity index (χ2v) is 4.23. The molecule has 1 aromatic rings. The van der Waals surface area contributed by atoms with E-state index in [9.17, 15) is 9.90 Å². The van der Waals surface area contributed by atoms with Crippen molar-refractivity contribution in [3.8, 4) is 5.75 Å². The van der Waals surface area contributed by atoms with Gasteiger partial charge < -0.3 is 10.4 Å². The molecule has 0 bridgehead atoms. The van der Waals surface area contributed by atoms with Crippen LogP contribution in [0.3, 0.4) is 0 Å². The summed E-state index contributed by atoms with van der Waals surface area (Å²) in [5.74, 6) is 0.586. The van der Waals surface area contributed by atoms with Crippen LogP contribution in [0.5, 0.6) is 5.75 Å². The predicted octanol–water partition coefficient (Wildman–Crippen LogP) is 2.17. The average Bonchev–Trinajstić information content (AvgIpc) is 2.34. The van der Waals surface area contributed by atoms with E-state index in [-0.39, 0.29) is 17.2 Å². The van der Waals surface area contributed by atoms with Crippen LogP contribution >= 0.6 is 11.6 Å². The highest BCUT2D eigenvalue weighted by molar-refractivity contribution is 6.17. The van der Waals surface area contributed by atoms with E-state index in [0.29, 0.717) is 18.3 Å². The van der Waals surface area contributed by atoms with Gasteiger partial charge in [0.05, 0.1) is 11.8 Å². The SMILES string of the molecule is CCC(CCCl)CNC(=O)c1ccncc1O. The van der Waals surface area contributed by atoms with Crippen molar-refractivity contribution >= 4 is 17.5 Å². The quantitative estimate of drug-likeness (QED) is 0.767. The van der Waals surface area contributed by atoms with Gasteiger partial charge in [-0.1, -0.05) is 13.3 Å². The first-order chi connectivity index (χ1) is 8.19. The Morgan fingerprint density at radius 1 is 1.65 bits per heavy atom. The highest BCUT2D eigenvalue weighted by atomic mass is 35.5. The van der Waals surface area contributed by atoms with Gasteiger partial charge in [-0.3, -0.25) is 9.78 Å². The molecule has 1 heterocycles. The van der Waals surface area contributed by atoms with Gasteiger partial charge in [-0.05, 0) is 18.4 Å². The van der Waals surface area contributed by atoms with E-state index in [1.165, 1.54) is 18.5 Å². The number of halogens is 1. The Morgan fingerprint density at radius 3 is 3.00 bits per heavy atom. The Morgan fingerprint density at radius 2 is 2.41 bits per heavy atom. The summed E-state index contributed by atoms with van der Waals surface area (Å²) in [7, 11) is 0. The molecule has 0 saturated carbocycles. The zero-order chi connectivity index (χ0) is 12.7. The number of carbonyl (C=O) groups is 1. The lowest BCUT2D eigenvalue weighted by atomic mass is 10.0. The van der Waals surface area contributed by atoms with Crippen LogP contribution in [0.25, 0.3) is 0 Å². The molecule has 0 aliphatic rings. The van der Waals surface area contributed by atoms with E-state index in [0.717, 1.165) is 12.8 Å². The Balaban J connectivity index is 2.52. The lowest BCUT2D eigenvalue weighted by Crippen LogP contribution is -2.29. The molecule has 1 rings (SSSR count). The van der Waals surface area contributed by atoms with Crippen molar-refractivity contribution in [2.45, 2.75) is 19.8 Å². The molecule has 0 spiro atoms. The summed E-state index contributed by atoms with van der Waals surface area (Å²) in [6.45, 7) is 2.64. The third kappa shape index (κ3) is 4.23. The number of amides is 1. The maximum Gasteiger partial charge on any atom is 0.255 e. The number of aromatic hydroxyl groups is 1. The molecule has 1 aromatic heterocycles. The predicted molar refractivity (Wildman–Crippen MR) is 67.4 cm³/mol. The number of nitrogens with one attached hydrogen (secondary N) is 1. The summed E-state index contributed by atoms with van der Waals surface area (Å²) in [6.07, 6.45) is 4.58. The van der Waals surface area contributed by atoms with Crippen molar-refractivity contribution in [1.82, 2.24) is 10.3 Å². The second-order valence-electron chi connectivity index (χ2n) is 3.85. The van der Waals surface area contributed by atoms with Gasteiger partial charge in [0, 0.05) is 18.6 Å². The fraction of sp³-hybridized carbons (Fsp3) is 0.500. The van der Waals surface area contributed by atoms with Crippen molar-refractivity contribution in [2.75, 3.05) is 12.4 Å². The molecular weight excluding hydrogens is 240 g/mol. The minimum Gasteiger partial charge on any atom is -0.505 e. The first-order valence-electron chi connectivity index (χ1n) is 5.66. The van der Waals surface area contributed by atoms with Crippen molar-refractivity contribution in [3.05, 3.63) is 24.0 Å². The second kappa shape index (κ2) is 7.12. The number of aromatic nitrogens is 1. The highest BCUT2D eigenvalue weighted by Crippen LogP contribution is 2.14. The van der Waals surface area contributed by atoms with E-state index < -0.39 is 0 Å². The fourth-order valence-electron chi connectivity index (χ4n) is 1.52. The molecule has 94 valence electrons. The number of nitrogens with zero attached hydrogens (tertiary/aromatic N) is 1. The lowest BCUT2D eigenvalue weighted by Gasteiger charge is -2.14. The molecule has 0 aromatic carbocycles. The molecule has 1 atom stereocenters. The normalized spacial score (nSPS) is 12.1. The lowest BCUT2D eigenvalue weighted by molar-refractivity contribution is 0.0943. The molecule has 0 aliphatic heterocycles. The molecule has 0 radical (unpaired) electrons. The first-order valence-corrected chi connectivity index (χ1v) is 6.19. The van der Waals surface area contributed by atoms with E-state index >= 15 is 0 Å². The molecule has 1 amide bonds. The van der Waals surface area contributed by atoms with Gasteiger partial charge >= 0.3 is 0 Å². The Kier molecular flexibility index (Phi) is 5.77. The van der Waals surface area contributed by atoms with Crippen LogP contribution in [0.2, 0.25) is 0 Å². The summed E-state index contributed by atoms with van der Waals surface area (Å²) in [6, 6.07) is 1.49. The number of alkyl halides is 1. The fourth-order valence-corrected chi connectivity index (χ4v) is 1.82. The zero-order valence-electron chi connectivity index (χ0n) is 9.82. The van der Waals surface area contributed by atoms with Crippen molar-refractivity contribution < 1.29 is 9.90 Å². The Hall–Kier alpha value is -1.29. The van der Waals surface area contributed by atoms with Crippen LogP contribution in [0, 0.1) is 5.92 Å². The molecule has 1 unspecified atom stereocenters. The molecule has 2 N–H and O–H groups in total. The van der Waals surface area contributed by atoms with E-state index in [2.05, 4.69) is 17.2 Å². The standard InChI is InChI=1S/C12H17ClN2O2/c1-2-9(3-5-13)7-15-12(17)10-4-6-14-8-11(10)16/h4,6,8-9,16H,2-3,5,7H2,1H3,(H,15,17). The summed E-state index contributed by atoms with van der Waals surface area (Å²) in [5.41, 5.74) is 0.251. The largest absolute Gasteiger partial charge is 0.505 e. The van der Waals surface area contributed by atoms with Gasteiger partial charge in [0.2, 0.25) is 0 Å². The Labute approximate surface area is 106 Å². The molecule has 4 nitrogen and oxygen atoms in total. The van der Waals surface area contributed by atoms with Gasteiger partial charge in [0.15, 0.2) is 0 Å². The molecule has 17 heavy (non-hydrogen) atoms. The van der Waals surface area contributed by atoms with E-state index in [1.54, 1.807) is 0 Å². The Bertz CT molecular complexity index is 371.